The fourth-order valence-corrected chi connectivity index (χ4v) is 7.19. The monoisotopic (exact) mass is 534 g/mol. The van der Waals surface area contributed by atoms with E-state index in [1.54, 1.807) is 0 Å². The molecule has 0 aliphatic heterocycles. The number of imidazole rings is 1. The zero-order chi connectivity index (χ0) is 27.2. The smallest absolute Gasteiger partial charge is 0.241 e. The molecule has 0 bridgehead atoms. The summed E-state index contributed by atoms with van der Waals surface area (Å²) in [5.74, 6) is 0.530. The molecular formula is C36H35BN2Si. The first-order chi connectivity index (χ1) is 19.9. The molecule has 4 heteroatoms. The molecule has 6 aromatic rings. The van der Waals surface area contributed by atoms with Gasteiger partial charge in [-0.3, -0.25) is 0 Å². The molecule has 0 aliphatic rings. The lowest BCUT2D eigenvalue weighted by atomic mass is 9.37. The van der Waals surface area contributed by atoms with Crippen LogP contribution in [-0.2, 0) is 6.17 Å². The maximum atomic E-state index is 4.12. The number of rotatable bonds is 9. The summed E-state index contributed by atoms with van der Waals surface area (Å²) in [5, 5.41) is 0. The summed E-state index contributed by atoms with van der Waals surface area (Å²) in [7, 11) is -0.170. The summed E-state index contributed by atoms with van der Waals surface area (Å²) in [4.78, 5) is 4.12. The van der Waals surface area contributed by atoms with Crippen molar-refractivity contribution in [1.82, 2.24) is 9.55 Å². The zero-order valence-corrected chi connectivity index (χ0v) is 24.3. The lowest BCUT2D eigenvalue weighted by Gasteiger charge is -2.18. The molecule has 5 aromatic carbocycles. The second-order valence-corrected chi connectivity index (χ2v) is 11.7. The van der Waals surface area contributed by atoms with Crippen LogP contribution in [0.25, 0.3) is 0 Å². The predicted octanol–water partition coefficient (Wildman–Crippen LogP) is 5.46. The van der Waals surface area contributed by atoms with Crippen molar-refractivity contribution >= 4 is 32.6 Å². The van der Waals surface area contributed by atoms with E-state index in [2.05, 4.69) is 167 Å². The minimum atomic E-state index is -0.170. The Labute approximate surface area is 241 Å². The van der Waals surface area contributed by atoms with Crippen LogP contribution in [0.3, 0.4) is 0 Å². The van der Waals surface area contributed by atoms with E-state index in [1.165, 1.54) is 33.6 Å². The van der Waals surface area contributed by atoms with Crippen LogP contribution < -0.4 is 16.4 Å². The molecule has 0 unspecified atom stereocenters. The third-order valence-corrected chi connectivity index (χ3v) is 9.09. The summed E-state index contributed by atoms with van der Waals surface area (Å²) in [6.45, 7) is 0.309. The first kappa shape index (κ1) is 27.2. The third kappa shape index (κ3) is 7.58. The van der Waals surface area contributed by atoms with Crippen LogP contribution in [0.15, 0.2) is 170 Å². The second kappa shape index (κ2) is 14.7. The van der Waals surface area contributed by atoms with Crippen LogP contribution in [-0.4, -0.2) is 25.8 Å². The van der Waals surface area contributed by atoms with E-state index in [9.17, 15) is 0 Å². The van der Waals surface area contributed by atoms with Gasteiger partial charge in [-0.05, 0) is 11.1 Å². The van der Waals surface area contributed by atoms with Crippen molar-refractivity contribution in [2.24, 2.45) is 0 Å². The van der Waals surface area contributed by atoms with E-state index < -0.39 is 0 Å². The SMILES string of the molecule is c1ccc(B(c2ccccc2)c2ccccc2)cc1.c1ccc(C(C[SiH2]Cn2ccnc2)c2ccccc2)cc1. The average Bonchev–Trinajstić information content (AvgIpc) is 3.56. The van der Waals surface area contributed by atoms with Crippen molar-refractivity contribution in [2.75, 3.05) is 0 Å². The molecule has 0 saturated heterocycles. The predicted molar refractivity (Wildman–Crippen MR) is 174 cm³/mol. The fourth-order valence-electron chi connectivity index (χ4n) is 5.31. The minimum absolute atomic E-state index is 0.170. The Balaban J connectivity index is 0.000000162. The Hall–Kier alpha value is -4.41. The van der Waals surface area contributed by atoms with Crippen molar-refractivity contribution < 1.29 is 0 Å². The lowest BCUT2D eigenvalue weighted by Crippen LogP contribution is -2.51. The minimum Gasteiger partial charge on any atom is -0.341 e. The van der Waals surface area contributed by atoms with Crippen molar-refractivity contribution in [1.29, 1.82) is 0 Å². The van der Waals surface area contributed by atoms with Crippen molar-refractivity contribution in [3.05, 3.63) is 182 Å². The van der Waals surface area contributed by atoms with Gasteiger partial charge in [-0.15, -0.1) is 0 Å². The highest BCUT2D eigenvalue weighted by atomic mass is 28.2. The van der Waals surface area contributed by atoms with Gasteiger partial charge in [0.25, 0.3) is 0 Å². The van der Waals surface area contributed by atoms with Crippen molar-refractivity contribution in [2.45, 2.75) is 18.1 Å². The Kier molecular flexibility index (Phi) is 9.96. The van der Waals surface area contributed by atoms with E-state index in [0.29, 0.717) is 12.6 Å². The maximum Gasteiger partial charge on any atom is 0.241 e. The van der Waals surface area contributed by atoms with Crippen LogP contribution in [0.2, 0.25) is 6.04 Å². The molecule has 40 heavy (non-hydrogen) atoms. The number of nitrogens with zero attached hydrogens (tertiary/aromatic N) is 2. The summed E-state index contributed by atoms with van der Waals surface area (Å²) >= 11 is 0. The summed E-state index contributed by atoms with van der Waals surface area (Å²) < 4.78 is 2.21. The number of hydrogen-bond donors (Lipinski definition) is 0. The molecule has 0 aliphatic carbocycles. The van der Waals surface area contributed by atoms with Crippen LogP contribution >= 0.6 is 0 Å². The highest BCUT2D eigenvalue weighted by molar-refractivity contribution is 6.95. The van der Waals surface area contributed by atoms with Gasteiger partial charge in [0.05, 0.1) is 6.33 Å². The van der Waals surface area contributed by atoms with Gasteiger partial charge in [0.15, 0.2) is 0 Å². The highest BCUT2D eigenvalue weighted by Gasteiger charge is 2.20. The Morgan fingerprint density at radius 2 is 0.950 bits per heavy atom. The molecule has 2 nitrogen and oxygen atoms in total. The Bertz CT molecular complexity index is 1360. The van der Waals surface area contributed by atoms with Gasteiger partial charge in [0.2, 0.25) is 6.71 Å². The molecule has 0 spiro atoms. The largest absolute Gasteiger partial charge is 0.341 e. The lowest BCUT2D eigenvalue weighted by molar-refractivity contribution is 0.844. The molecule has 0 N–H and O–H groups in total. The Morgan fingerprint density at radius 1 is 0.550 bits per heavy atom. The molecule has 1 aromatic heterocycles. The molecule has 0 amide bonds. The van der Waals surface area contributed by atoms with Gasteiger partial charge in [-0.25, -0.2) is 4.98 Å². The third-order valence-electron chi connectivity index (χ3n) is 7.27. The topological polar surface area (TPSA) is 17.8 Å². The fraction of sp³-hybridized carbons (Fsp3) is 0.0833. The number of benzene rings is 5. The number of aromatic nitrogens is 2. The normalized spacial score (nSPS) is 10.8. The van der Waals surface area contributed by atoms with Crippen molar-refractivity contribution in [3.8, 4) is 0 Å². The van der Waals surface area contributed by atoms with Crippen LogP contribution in [0, 0.1) is 0 Å². The van der Waals surface area contributed by atoms with E-state index >= 15 is 0 Å². The van der Waals surface area contributed by atoms with Crippen molar-refractivity contribution in [3.63, 3.8) is 0 Å². The van der Waals surface area contributed by atoms with Gasteiger partial charge in [-0.1, -0.05) is 174 Å². The molecule has 1 heterocycles. The number of hydrogen-bond acceptors (Lipinski definition) is 1. The first-order valence-corrected chi connectivity index (χ1v) is 16.1. The van der Waals surface area contributed by atoms with Gasteiger partial charge >= 0.3 is 0 Å². The molecule has 196 valence electrons. The van der Waals surface area contributed by atoms with E-state index in [0.717, 1.165) is 6.17 Å². The van der Waals surface area contributed by atoms with E-state index in [4.69, 9.17) is 0 Å². The highest BCUT2D eigenvalue weighted by Crippen LogP contribution is 2.28. The zero-order valence-electron chi connectivity index (χ0n) is 22.8. The van der Waals surface area contributed by atoms with Gasteiger partial charge in [-0.2, -0.15) is 0 Å². The molecule has 0 fully saturated rings. The summed E-state index contributed by atoms with van der Waals surface area (Å²) in [5.41, 5.74) is 6.86. The van der Waals surface area contributed by atoms with E-state index in [-0.39, 0.29) is 9.52 Å². The van der Waals surface area contributed by atoms with Gasteiger partial charge < -0.3 is 4.57 Å². The maximum absolute atomic E-state index is 4.12. The van der Waals surface area contributed by atoms with Gasteiger partial charge in [0.1, 0.15) is 0 Å². The second-order valence-electron chi connectivity index (χ2n) is 9.98. The van der Waals surface area contributed by atoms with Crippen LogP contribution in [0.5, 0.6) is 0 Å². The molecular weight excluding hydrogens is 499 g/mol. The van der Waals surface area contributed by atoms with Crippen LogP contribution in [0.1, 0.15) is 17.0 Å². The summed E-state index contributed by atoms with van der Waals surface area (Å²) in [6, 6.07) is 55.1. The standard InChI is InChI=1S/C18H15B.C18H20N2Si/c1-4-10-16(11-5-1)19(17-12-6-2-7-13-17)18-14-8-3-9-15-18;1-3-7-16(8-4-1)18(17-9-5-2-6-10-17)13-21-15-20-12-11-19-14-20/h1-15H;1-12,14,18H,13,15,21H2. The molecule has 6 rings (SSSR count). The van der Waals surface area contributed by atoms with Gasteiger partial charge in [0, 0.05) is 34.0 Å². The van der Waals surface area contributed by atoms with E-state index in [1.807, 2.05) is 12.5 Å². The molecule has 0 atom stereocenters. The molecule has 0 saturated carbocycles. The Morgan fingerprint density at radius 3 is 1.32 bits per heavy atom. The molecule has 0 radical (unpaired) electrons. The van der Waals surface area contributed by atoms with Crippen LogP contribution in [0.4, 0.5) is 0 Å². The average molecular weight is 535 g/mol. The summed E-state index contributed by atoms with van der Waals surface area (Å²) in [6.07, 6.45) is 7.01. The first-order valence-electron chi connectivity index (χ1n) is 14.1. The quantitative estimate of drug-likeness (QED) is 0.225.